The van der Waals surface area contributed by atoms with E-state index in [0.29, 0.717) is 22.7 Å². The Kier molecular flexibility index (Phi) is 4.27. The standard InChI is InChI=1S/C17H13ClF3NO2/c18-12-5-6-14-13(9-12)15(23)7-8-22(14)16(24)10-1-3-11(4-2-10)17(19,20)21/h1-6,9,15,23H,7-8H2. The molecule has 1 N–H and O–H groups in total. The van der Waals surface area contributed by atoms with Crippen LogP contribution in [-0.2, 0) is 6.18 Å². The van der Waals surface area contributed by atoms with Gasteiger partial charge in [-0.05, 0) is 48.9 Å². The fourth-order valence-corrected chi connectivity index (χ4v) is 2.91. The summed E-state index contributed by atoms with van der Waals surface area (Å²) in [7, 11) is 0. The van der Waals surface area contributed by atoms with Gasteiger partial charge in [-0.25, -0.2) is 0 Å². The Balaban J connectivity index is 1.93. The second-order valence-corrected chi connectivity index (χ2v) is 5.98. The van der Waals surface area contributed by atoms with Crippen LogP contribution in [0.3, 0.4) is 0 Å². The van der Waals surface area contributed by atoms with Gasteiger partial charge in [0.25, 0.3) is 5.91 Å². The molecule has 0 bridgehead atoms. The number of aliphatic hydroxyl groups excluding tert-OH is 1. The molecule has 126 valence electrons. The summed E-state index contributed by atoms with van der Waals surface area (Å²) in [5, 5.41) is 10.5. The second kappa shape index (κ2) is 6.11. The normalized spacial score (nSPS) is 17.5. The fourth-order valence-electron chi connectivity index (χ4n) is 2.73. The van der Waals surface area contributed by atoms with E-state index in [9.17, 15) is 23.1 Å². The first kappa shape index (κ1) is 16.8. The van der Waals surface area contributed by atoms with Crippen molar-refractivity contribution < 1.29 is 23.1 Å². The lowest BCUT2D eigenvalue weighted by Gasteiger charge is -2.32. The van der Waals surface area contributed by atoms with Crippen molar-refractivity contribution in [1.29, 1.82) is 0 Å². The number of rotatable bonds is 1. The molecule has 1 amide bonds. The molecule has 3 nitrogen and oxygen atoms in total. The van der Waals surface area contributed by atoms with Crippen LogP contribution >= 0.6 is 11.6 Å². The molecule has 3 rings (SSSR count). The van der Waals surface area contributed by atoms with Crippen molar-refractivity contribution in [3.05, 3.63) is 64.2 Å². The van der Waals surface area contributed by atoms with E-state index >= 15 is 0 Å². The lowest BCUT2D eigenvalue weighted by atomic mass is 9.98. The summed E-state index contributed by atoms with van der Waals surface area (Å²) in [4.78, 5) is 14.1. The smallest absolute Gasteiger partial charge is 0.388 e. The van der Waals surface area contributed by atoms with E-state index in [-0.39, 0.29) is 12.1 Å². The highest BCUT2D eigenvalue weighted by atomic mass is 35.5. The maximum absolute atomic E-state index is 12.6. The van der Waals surface area contributed by atoms with Gasteiger partial charge < -0.3 is 10.0 Å². The van der Waals surface area contributed by atoms with Crippen molar-refractivity contribution in [3.63, 3.8) is 0 Å². The zero-order valence-electron chi connectivity index (χ0n) is 12.3. The SMILES string of the molecule is O=C(c1ccc(C(F)(F)F)cc1)N1CCC(O)c2cc(Cl)ccc21. The van der Waals surface area contributed by atoms with Crippen molar-refractivity contribution in [3.8, 4) is 0 Å². The van der Waals surface area contributed by atoms with Gasteiger partial charge in [-0.2, -0.15) is 13.2 Å². The Hall–Kier alpha value is -2.05. The summed E-state index contributed by atoms with van der Waals surface area (Å²) in [5.74, 6) is -0.417. The number of hydrogen-bond donors (Lipinski definition) is 1. The first-order chi connectivity index (χ1) is 11.3. The van der Waals surface area contributed by atoms with Crippen LogP contribution in [-0.4, -0.2) is 17.6 Å². The van der Waals surface area contributed by atoms with Crippen LogP contribution in [0.2, 0.25) is 5.02 Å². The number of alkyl halides is 3. The summed E-state index contributed by atoms with van der Waals surface area (Å²) in [5.41, 5.74) is 0.401. The Morgan fingerprint density at radius 3 is 2.46 bits per heavy atom. The molecule has 0 fully saturated rings. The topological polar surface area (TPSA) is 40.5 Å². The number of fused-ring (bicyclic) bond motifs is 1. The highest BCUT2D eigenvalue weighted by molar-refractivity contribution is 6.30. The molecule has 0 radical (unpaired) electrons. The minimum absolute atomic E-state index is 0.153. The predicted molar refractivity (Wildman–Crippen MR) is 84.1 cm³/mol. The molecule has 0 aromatic heterocycles. The van der Waals surface area contributed by atoms with E-state index in [0.717, 1.165) is 24.3 Å². The van der Waals surface area contributed by atoms with Crippen LogP contribution < -0.4 is 4.90 Å². The molecule has 1 atom stereocenters. The zero-order chi connectivity index (χ0) is 17.5. The van der Waals surface area contributed by atoms with Gasteiger partial charge in [0.1, 0.15) is 0 Å². The number of hydrogen-bond acceptors (Lipinski definition) is 2. The van der Waals surface area contributed by atoms with Gasteiger partial charge in [-0.15, -0.1) is 0 Å². The molecule has 1 unspecified atom stereocenters. The van der Waals surface area contributed by atoms with Crippen molar-refractivity contribution in [2.24, 2.45) is 0 Å². The molecule has 2 aromatic rings. The first-order valence-electron chi connectivity index (χ1n) is 7.24. The lowest BCUT2D eigenvalue weighted by Crippen LogP contribution is -2.36. The maximum Gasteiger partial charge on any atom is 0.416 e. The first-order valence-corrected chi connectivity index (χ1v) is 7.62. The van der Waals surface area contributed by atoms with E-state index in [1.807, 2.05) is 0 Å². The minimum Gasteiger partial charge on any atom is -0.388 e. The van der Waals surface area contributed by atoms with Crippen LogP contribution in [0.25, 0.3) is 0 Å². The van der Waals surface area contributed by atoms with Crippen LogP contribution in [0, 0.1) is 0 Å². The Morgan fingerprint density at radius 2 is 1.83 bits per heavy atom. The minimum atomic E-state index is -4.44. The van der Waals surface area contributed by atoms with E-state index in [1.165, 1.54) is 4.90 Å². The molecular weight excluding hydrogens is 343 g/mol. The summed E-state index contributed by atoms with van der Waals surface area (Å²) in [6.45, 7) is 0.273. The number of nitrogens with zero attached hydrogens (tertiary/aromatic N) is 1. The van der Waals surface area contributed by atoms with Gasteiger partial charge in [-0.1, -0.05) is 11.6 Å². The number of amides is 1. The van der Waals surface area contributed by atoms with Crippen molar-refractivity contribution in [1.82, 2.24) is 0 Å². The quantitative estimate of drug-likeness (QED) is 0.821. The summed E-state index contributed by atoms with van der Waals surface area (Å²) >= 11 is 5.93. The van der Waals surface area contributed by atoms with Gasteiger partial charge in [-0.3, -0.25) is 4.79 Å². The molecule has 1 aliphatic rings. The molecule has 2 aromatic carbocycles. The summed E-state index contributed by atoms with van der Waals surface area (Å²) in [6, 6.07) is 8.91. The van der Waals surface area contributed by atoms with Crippen molar-refractivity contribution in [2.45, 2.75) is 18.7 Å². The molecule has 0 saturated carbocycles. The number of aliphatic hydroxyl groups is 1. The van der Waals surface area contributed by atoms with Crippen LogP contribution in [0.15, 0.2) is 42.5 Å². The number of benzene rings is 2. The Morgan fingerprint density at radius 1 is 1.17 bits per heavy atom. The lowest BCUT2D eigenvalue weighted by molar-refractivity contribution is -0.137. The third-order valence-electron chi connectivity index (χ3n) is 3.97. The second-order valence-electron chi connectivity index (χ2n) is 5.54. The van der Waals surface area contributed by atoms with Crippen molar-refractivity contribution >= 4 is 23.2 Å². The third kappa shape index (κ3) is 3.12. The van der Waals surface area contributed by atoms with Crippen LogP contribution in [0.5, 0.6) is 0 Å². The van der Waals surface area contributed by atoms with E-state index < -0.39 is 23.8 Å². The molecular formula is C17H13ClF3NO2. The molecule has 1 heterocycles. The van der Waals surface area contributed by atoms with Crippen molar-refractivity contribution in [2.75, 3.05) is 11.4 Å². The number of halogens is 4. The van der Waals surface area contributed by atoms with E-state index in [2.05, 4.69) is 0 Å². The maximum atomic E-state index is 12.6. The average Bonchev–Trinajstić information content (AvgIpc) is 2.54. The number of carbonyl (C=O) groups is 1. The van der Waals surface area contributed by atoms with Gasteiger partial charge in [0, 0.05) is 28.4 Å². The highest BCUT2D eigenvalue weighted by Crippen LogP contribution is 2.36. The van der Waals surface area contributed by atoms with Gasteiger partial charge in [0.05, 0.1) is 11.7 Å². The average molecular weight is 356 g/mol. The highest BCUT2D eigenvalue weighted by Gasteiger charge is 2.31. The van der Waals surface area contributed by atoms with E-state index in [1.54, 1.807) is 18.2 Å². The number of carbonyl (C=O) groups excluding carboxylic acids is 1. The zero-order valence-corrected chi connectivity index (χ0v) is 13.1. The molecule has 0 saturated heterocycles. The Bertz CT molecular complexity index is 774. The molecule has 0 spiro atoms. The number of anilines is 1. The molecule has 1 aliphatic heterocycles. The van der Waals surface area contributed by atoms with Gasteiger partial charge in [0.15, 0.2) is 0 Å². The molecule has 24 heavy (non-hydrogen) atoms. The van der Waals surface area contributed by atoms with Crippen LogP contribution in [0.1, 0.15) is 34.0 Å². The predicted octanol–water partition coefficient (Wildman–Crippen LogP) is 4.44. The third-order valence-corrected chi connectivity index (χ3v) is 4.20. The largest absolute Gasteiger partial charge is 0.416 e. The summed E-state index contributed by atoms with van der Waals surface area (Å²) < 4.78 is 37.9. The monoisotopic (exact) mass is 355 g/mol. The van der Waals surface area contributed by atoms with Gasteiger partial charge in [0.2, 0.25) is 0 Å². The van der Waals surface area contributed by atoms with E-state index in [4.69, 9.17) is 11.6 Å². The summed E-state index contributed by atoms with van der Waals surface area (Å²) in [6.07, 6.45) is -4.84. The Labute approximate surface area is 141 Å². The van der Waals surface area contributed by atoms with Crippen LogP contribution in [0.4, 0.5) is 18.9 Å². The van der Waals surface area contributed by atoms with Gasteiger partial charge >= 0.3 is 6.18 Å². The fraction of sp³-hybridized carbons (Fsp3) is 0.235. The molecule has 7 heteroatoms. The molecule has 0 aliphatic carbocycles.